The summed E-state index contributed by atoms with van der Waals surface area (Å²) in [6, 6.07) is 0. The monoisotopic (exact) mass is 239 g/mol. The standard InChI is InChI=1S/C15H29NO/c1-13-15(9-10-17-13)12-16-11-14-7-5-3-2-4-6-8-14/h13-16H,2-12H2,1H3. The molecule has 2 rings (SSSR count). The molecular weight excluding hydrogens is 210 g/mol. The quantitative estimate of drug-likeness (QED) is 0.812. The van der Waals surface area contributed by atoms with Crippen molar-refractivity contribution in [3.63, 3.8) is 0 Å². The van der Waals surface area contributed by atoms with Crippen molar-refractivity contribution < 1.29 is 4.74 Å². The van der Waals surface area contributed by atoms with Crippen LogP contribution in [0.5, 0.6) is 0 Å². The fourth-order valence-corrected chi connectivity index (χ4v) is 3.26. The molecule has 1 N–H and O–H groups in total. The Balaban J connectivity index is 1.59. The molecule has 0 aromatic heterocycles. The van der Waals surface area contributed by atoms with Crippen LogP contribution < -0.4 is 5.32 Å². The Kier molecular flexibility index (Phi) is 5.79. The lowest BCUT2D eigenvalue weighted by molar-refractivity contribution is 0.105. The van der Waals surface area contributed by atoms with Crippen LogP contribution in [0.2, 0.25) is 0 Å². The molecule has 100 valence electrons. The van der Waals surface area contributed by atoms with Crippen molar-refractivity contribution in [2.45, 2.75) is 64.4 Å². The molecule has 0 aromatic carbocycles. The predicted octanol–water partition coefficient (Wildman–Crippen LogP) is 3.36. The second-order valence-electron chi connectivity index (χ2n) is 5.99. The minimum atomic E-state index is 0.472. The van der Waals surface area contributed by atoms with Crippen molar-refractivity contribution in [3.8, 4) is 0 Å². The summed E-state index contributed by atoms with van der Waals surface area (Å²) in [7, 11) is 0. The summed E-state index contributed by atoms with van der Waals surface area (Å²) in [5.41, 5.74) is 0. The van der Waals surface area contributed by atoms with Gasteiger partial charge < -0.3 is 10.1 Å². The molecule has 2 fully saturated rings. The van der Waals surface area contributed by atoms with Crippen molar-refractivity contribution in [3.05, 3.63) is 0 Å². The van der Waals surface area contributed by atoms with E-state index in [0.717, 1.165) is 25.0 Å². The van der Waals surface area contributed by atoms with Gasteiger partial charge in [-0.1, -0.05) is 32.1 Å². The van der Waals surface area contributed by atoms with E-state index in [1.165, 1.54) is 57.9 Å². The molecule has 1 aliphatic heterocycles. The van der Waals surface area contributed by atoms with Gasteiger partial charge in [0, 0.05) is 13.2 Å². The van der Waals surface area contributed by atoms with Crippen molar-refractivity contribution in [1.29, 1.82) is 0 Å². The van der Waals surface area contributed by atoms with Gasteiger partial charge in [0.2, 0.25) is 0 Å². The highest BCUT2D eigenvalue weighted by Gasteiger charge is 2.23. The summed E-state index contributed by atoms with van der Waals surface area (Å²) < 4.78 is 5.60. The van der Waals surface area contributed by atoms with Gasteiger partial charge in [-0.15, -0.1) is 0 Å². The summed E-state index contributed by atoms with van der Waals surface area (Å²) in [5.74, 6) is 1.69. The van der Waals surface area contributed by atoms with Gasteiger partial charge in [0.25, 0.3) is 0 Å². The van der Waals surface area contributed by atoms with Crippen molar-refractivity contribution in [2.24, 2.45) is 11.8 Å². The first kappa shape index (κ1) is 13.4. The number of hydrogen-bond acceptors (Lipinski definition) is 2. The molecule has 2 unspecified atom stereocenters. The maximum absolute atomic E-state index is 5.60. The zero-order valence-electron chi connectivity index (χ0n) is 11.4. The first-order chi connectivity index (χ1) is 8.36. The van der Waals surface area contributed by atoms with Crippen LogP contribution in [-0.2, 0) is 4.74 Å². The molecule has 1 saturated heterocycles. The fraction of sp³-hybridized carbons (Fsp3) is 1.00. The Bertz CT molecular complexity index is 199. The van der Waals surface area contributed by atoms with Gasteiger partial charge in [-0.05, 0) is 44.6 Å². The van der Waals surface area contributed by atoms with E-state index < -0.39 is 0 Å². The van der Waals surface area contributed by atoms with Gasteiger partial charge in [0.05, 0.1) is 6.10 Å². The van der Waals surface area contributed by atoms with Crippen LogP contribution in [0.4, 0.5) is 0 Å². The largest absolute Gasteiger partial charge is 0.378 e. The highest BCUT2D eigenvalue weighted by atomic mass is 16.5. The molecule has 0 amide bonds. The van der Waals surface area contributed by atoms with Crippen LogP contribution in [0.3, 0.4) is 0 Å². The van der Waals surface area contributed by atoms with Crippen molar-refractivity contribution >= 4 is 0 Å². The third kappa shape index (κ3) is 4.59. The highest BCUT2D eigenvalue weighted by molar-refractivity contribution is 4.75. The van der Waals surface area contributed by atoms with E-state index in [-0.39, 0.29) is 0 Å². The third-order valence-electron chi connectivity index (χ3n) is 4.60. The highest BCUT2D eigenvalue weighted by Crippen LogP contribution is 2.22. The molecule has 2 heteroatoms. The van der Waals surface area contributed by atoms with Crippen molar-refractivity contribution in [1.82, 2.24) is 5.32 Å². The lowest BCUT2D eigenvalue weighted by atomic mass is 9.91. The van der Waals surface area contributed by atoms with Gasteiger partial charge in [-0.2, -0.15) is 0 Å². The number of nitrogens with one attached hydrogen (secondary N) is 1. The van der Waals surface area contributed by atoms with E-state index >= 15 is 0 Å². The third-order valence-corrected chi connectivity index (χ3v) is 4.60. The Morgan fingerprint density at radius 1 is 0.941 bits per heavy atom. The lowest BCUT2D eigenvalue weighted by Gasteiger charge is -2.21. The number of rotatable bonds is 4. The SMILES string of the molecule is CC1OCCC1CNCC1CCCCCCC1. The number of ether oxygens (including phenoxy) is 1. The van der Waals surface area contributed by atoms with Crippen LogP contribution in [0.1, 0.15) is 58.3 Å². The van der Waals surface area contributed by atoms with Gasteiger partial charge in [-0.25, -0.2) is 0 Å². The molecule has 0 spiro atoms. The minimum absolute atomic E-state index is 0.472. The van der Waals surface area contributed by atoms with Gasteiger partial charge in [0.1, 0.15) is 0 Å². The predicted molar refractivity (Wildman–Crippen MR) is 72.2 cm³/mol. The molecule has 17 heavy (non-hydrogen) atoms. The molecule has 1 heterocycles. The topological polar surface area (TPSA) is 21.3 Å². The molecule has 0 radical (unpaired) electrons. The minimum Gasteiger partial charge on any atom is -0.378 e. The van der Waals surface area contributed by atoms with E-state index in [4.69, 9.17) is 4.74 Å². The molecule has 0 bridgehead atoms. The van der Waals surface area contributed by atoms with E-state index in [2.05, 4.69) is 12.2 Å². The van der Waals surface area contributed by atoms with Gasteiger partial charge >= 0.3 is 0 Å². The van der Waals surface area contributed by atoms with Crippen LogP contribution in [-0.4, -0.2) is 25.8 Å². The average molecular weight is 239 g/mol. The summed E-state index contributed by atoms with van der Waals surface area (Å²) >= 11 is 0. The van der Waals surface area contributed by atoms with Gasteiger partial charge in [0.15, 0.2) is 0 Å². The average Bonchev–Trinajstić information content (AvgIpc) is 2.67. The molecule has 1 aliphatic carbocycles. The van der Waals surface area contributed by atoms with Crippen LogP contribution >= 0.6 is 0 Å². The smallest absolute Gasteiger partial charge is 0.0588 e. The summed E-state index contributed by atoms with van der Waals surface area (Å²) in [4.78, 5) is 0. The molecule has 2 aliphatic rings. The molecule has 1 saturated carbocycles. The normalized spacial score (nSPS) is 32.3. The van der Waals surface area contributed by atoms with Crippen LogP contribution in [0.25, 0.3) is 0 Å². The molecule has 2 atom stereocenters. The zero-order chi connectivity index (χ0) is 11.9. The lowest BCUT2D eigenvalue weighted by Crippen LogP contribution is -2.31. The molecular formula is C15H29NO. The summed E-state index contributed by atoms with van der Waals surface area (Å²) in [6.45, 7) is 5.59. The Labute approximate surface area is 107 Å². The van der Waals surface area contributed by atoms with Crippen LogP contribution in [0, 0.1) is 11.8 Å². The maximum atomic E-state index is 5.60. The zero-order valence-corrected chi connectivity index (χ0v) is 11.4. The van der Waals surface area contributed by atoms with Crippen molar-refractivity contribution in [2.75, 3.05) is 19.7 Å². The first-order valence-electron chi connectivity index (χ1n) is 7.68. The van der Waals surface area contributed by atoms with E-state index in [0.29, 0.717) is 6.10 Å². The fourth-order valence-electron chi connectivity index (χ4n) is 3.26. The maximum Gasteiger partial charge on any atom is 0.0588 e. The second-order valence-corrected chi connectivity index (χ2v) is 5.99. The van der Waals surface area contributed by atoms with Gasteiger partial charge in [-0.3, -0.25) is 0 Å². The first-order valence-corrected chi connectivity index (χ1v) is 7.68. The molecule has 2 nitrogen and oxygen atoms in total. The van der Waals surface area contributed by atoms with E-state index in [9.17, 15) is 0 Å². The van der Waals surface area contributed by atoms with E-state index in [1.54, 1.807) is 0 Å². The Morgan fingerprint density at radius 2 is 1.65 bits per heavy atom. The second kappa shape index (κ2) is 7.38. The molecule has 0 aromatic rings. The summed E-state index contributed by atoms with van der Waals surface area (Å²) in [5, 5.41) is 3.70. The Hall–Kier alpha value is -0.0800. The number of hydrogen-bond donors (Lipinski definition) is 1. The van der Waals surface area contributed by atoms with E-state index in [1.807, 2.05) is 0 Å². The van der Waals surface area contributed by atoms with Crippen LogP contribution in [0.15, 0.2) is 0 Å². The Morgan fingerprint density at radius 3 is 2.29 bits per heavy atom. The summed E-state index contributed by atoms with van der Waals surface area (Å²) in [6.07, 6.45) is 11.9.